The Hall–Kier alpha value is -1.65. The fraction of sp³-hybridized carbons (Fsp3) is 0.250. The molecule has 0 aliphatic carbocycles. The third-order valence-electron chi connectivity index (χ3n) is 2.53. The lowest BCUT2D eigenvalue weighted by Gasteiger charge is -2.32. The summed E-state index contributed by atoms with van der Waals surface area (Å²) < 4.78 is 12.6. The van der Waals surface area contributed by atoms with Gasteiger partial charge in [-0.15, -0.1) is 0 Å². The lowest BCUT2D eigenvalue weighted by molar-refractivity contribution is -0.382. The highest BCUT2D eigenvalue weighted by atomic mass is 16.9. The van der Waals surface area contributed by atoms with Gasteiger partial charge in [-0.05, 0) is 19.1 Å². The molecule has 2 heterocycles. The van der Waals surface area contributed by atoms with Crippen LogP contribution in [0.15, 0.2) is 42.7 Å². The average Bonchev–Trinajstić information content (AvgIpc) is 2.75. The topological polar surface area (TPSA) is 36.3 Å². The van der Waals surface area contributed by atoms with E-state index in [4.69, 9.17) is 9.47 Å². The fourth-order valence-corrected chi connectivity index (χ4v) is 1.70. The monoisotopic (exact) mass is 216 g/mol. The van der Waals surface area contributed by atoms with E-state index in [0.29, 0.717) is 0 Å². The van der Waals surface area contributed by atoms with Gasteiger partial charge in [-0.2, -0.15) is 5.10 Å². The molecule has 1 aromatic carbocycles. The van der Waals surface area contributed by atoms with E-state index in [1.54, 1.807) is 6.20 Å². The molecule has 1 aliphatic rings. The normalized spacial score (nSPS) is 24.1. The van der Waals surface area contributed by atoms with Crippen molar-refractivity contribution in [2.24, 2.45) is 0 Å². The summed E-state index contributed by atoms with van der Waals surface area (Å²) >= 11 is 0. The number of hydrogen-bond acceptors (Lipinski definition) is 3. The molecule has 3 rings (SSSR count). The summed E-state index contributed by atoms with van der Waals surface area (Å²) in [6.07, 6.45) is 3.33. The molecule has 0 unspecified atom stereocenters. The standard InChI is InChI=1S/C12H12N2O2/c1-9-15-12(16-9)10-7-13-14(8-10)11-5-3-2-4-6-11/h2-9,12H,1H3. The highest BCUT2D eigenvalue weighted by Gasteiger charge is 2.29. The zero-order valence-corrected chi connectivity index (χ0v) is 8.91. The predicted molar refractivity (Wildman–Crippen MR) is 57.9 cm³/mol. The largest absolute Gasteiger partial charge is 0.319 e. The lowest BCUT2D eigenvalue weighted by Crippen LogP contribution is -2.31. The van der Waals surface area contributed by atoms with E-state index in [1.807, 2.05) is 48.1 Å². The molecule has 0 spiro atoms. The average molecular weight is 216 g/mol. The van der Waals surface area contributed by atoms with Crippen LogP contribution in [-0.4, -0.2) is 16.1 Å². The van der Waals surface area contributed by atoms with Crippen LogP contribution in [0.4, 0.5) is 0 Å². The maximum Gasteiger partial charge on any atom is 0.192 e. The molecular weight excluding hydrogens is 204 g/mol. The van der Waals surface area contributed by atoms with E-state index in [0.717, 1.165) is 11.3 Å². The summed E-state index contributed by atoms with van der Waals surface area (Å²) in [5.41, 5.74) is 1.98. The molecule has 4 nitrogen and oxygen atoms in total. The molecule has 0 saturated carbocycles. The van der Waals surface area contributed by atoms with Gasteiger partial charge in [-0.3, -0.25) is 0 Å². The summed E-state index contributed by atoms with van der Waals surface area (Å²) in [6, 6.07) is 9.95. The number of nitrogens with zero attached hydrogens (tertiary/aromatic N) is 2. The maximum atomic E-state index is 5.40. The minimum atomic E-state index is -0.257. The molecule has 1 aliphatic heterocycles. The quantitative estimate of drug-likeness (QED) is 0.772. The van der Waals surface area contributed by atoms with Crippen molar-refractivity contribution in [2.75, 3.05) is 0 Å². The van der Waals surface area contributed by atoms with Crippen molar-refractivity contribution in [3.8, 4) is 5.69 Å². The first-order chi connectivity index (χ1) is 7.83. The highest BCUT2D eigenvalue weighted by molar-refractivity contribution is 5.31. The Bertz CT molecular complexity index is 475. The Morgan fingerprint density at radius 1 is 1.19 bits per heavy atom. The van der Waals surface area contributed by atoms with Crippen molar-refractivity contribution < 1.29 is 9.47 Å². The smallest absolute Gasteiger partial charge is 0.192 e. The molecule has 82 valence electrons. The molecular formula is C12H12N2O2. The van der Waals surface area contributed by atoms with Gasteiger partial charge in [0.15, 0.2) is 12.6 Å². The van der Waals surface area contributed by atoms with Crippen molar-refractivity contribution in [3.05, 3.63) is 48.3 Å². The Kier molecular flexibility index (Phi) is 2.23. The van der Waals surface area contributed by atoms with Crippen LogP contribution >= 0.6 is 0 Å². The Balaban J connectivity index is 1.83. The van der Waals surface area contributed by atoms with Crippen LogP contribution in [0.3, 0.4) is 0 Å². The number of aromatic nitrogens is 2. The van der Waals surface area contributed by atoms with Crippen LogP contribution in [0.2, 0.25) is 0 Å². The van der Waals surface area contributed by atoms with E-state index in [1.165, 1.54) is 0 Å². The van der Waals surface area contributed by atoms with Gasteiger partial charge in [0, 0.05) is 11.8 Å². The Labute approximate surface area is 93.4 Å². The van der Waals surface area contributed by atoms with Gasteiger partial charge in [0.1, 0.15) is 0 Å². The molecule has 1 saturated heterocycles. The third kappa shape index (κ3) is 1.62. The number of para-hydroxylation sites is 1. The molecule has 1 aromatic heterocycles. The Morgan fingerprint density at radius 2 is 1.94 bits per heavy atom. The van der Waals surface area contributed by atoms with Crippen molar-refractivity contribution in [2.45, 2.75) is 19.5 Å². The second-order valence-electron chi connectivity index (χ2n) is 3.73. The van der Waals surface area contributed by atoms with Gasteiger partial charge < -0.3 is 9.47 Å². The highest BCUT2D eigenvalue weighted by Crippen LogP contribution is 2.31. The van der Waals surface area contributed by atoms with Crippen LogP contribution in [0.1, 0.15) is 18.8 Å². The van der Waals surface area contributed by atoms with Crippen LogP contribution in [-0.2, 0) is 9.47 Å². The minimum Gasteiger partial charge on any atom is -0.319 e. The summed E-state index contributed by atoms with van der Waals surface area (Å²) in [7, 11) is 0. The first-order valence-corrected chi connectivity index (χ1v) is 5.24. The van der Waals surface area contributed by atoms with Gasteiger partial charge >= 0.3 is 0 Å². The molecule has 0 radical (unpaired) electrons. The molecule has 4 heteroatoms. The number of benzene rings is 1. The van der Waals surface area contributed by atoms with Crippen LogP contribution < -0.4 is 0 Å². The molecule has 0 bridgehead atoms. The van der Waals surface area contributed by atoms with Crippen LogP contribution in [0.25, 0.3) is 5.69 Å². The summed E-state index contributed by atoms with van der Waals surface area (Å²) in [5, 5.41) is 4.27. The van der Waals surface area contributed by atoms with Crippen molar-refractivity contribution in [3.63, 3.8) is 0 Å². The maximum absolute atomic E-state index is 5.40. The van der Waals surface area contributed by atoms with Gasteiger partial charge in [-0.1, -0.05) is 18.2 Å². The van der Waals surface area contributed by atoms with E-state index in [9.17, 15) is 0 Å². The molecule has 1 fully saturated rings. The lowest BCUT2D eigenvalue weighted by atomic mass is 10.3. The molecule has 2 aromatic rings. The third-order valence-corrected chi connectivity index (χ3v) is 2.53. The van der Waals surface area contributed by atoms with Crippen molar-refractivity contribution in [1.82, 2.24) is 9.78 Å². The fourth-order valence-electron chi connectivity index (χ4n) is 1.70. The van der Waals surface area contributed by atoms with Gasteiger partial charge in [0.05, 0.1) is 11.9 Å². The molecule has 0 N–H and O–H groups in total. The number of hydrogen-bond donors (Lipinski definition) is 0. The zero-order chi connectivity index (χ0) is 11.0. The van der Waals surface area contributed by atoms with Gasteiger partial charge in [-0.25, -0.2) is 4.68 Å². The zero-order valence-electron chi connectivity index (χ0n) is 8.91. The summed E-state index contributed by atoms with van der Waals surface area (Å²) in [5.74, 6) is 0. The predicted octanol–water partition coefficient (Wildman–Crippen LogP) is 2.26. The summed E-state index contributed by atoms with van der Waals surface area (Å²) in [6.45, 7) is 1.87. The Morgan fingerprint density at radius 3 is 2.62 bits per heavy atom. The minimum absolute atomic E-state index is 0.106. The van der Waals surface area contributed by atoms with E-state index >= 15 is 0 Å². The van der Waals surface area contributed by atoms with Crippen LogP contribution in [0, 0.1) is 0 Å². The van der Waals surface area contributed by atoms with Crippen molar-refractivity contribution >= 4 is 0 Å². The molecule has 16 heavy (non-hydrogen) atoms. The summed E-state index contributed by atoms with van der Waals surface area (Å²) in [4.78, 5) is 0. The van der Waals surface area contributed by atoms with E-state index in [-0.39, 0.29) is 12.6 Å². The second-order valence-corrected chi connectivity index (χ2v) is 3.73. The van der Waals surface area contributed by atoms with Crippen molar-refractivity contribution in [1.29, 1.82) is 0 Å². The molecule has 0 amide bonds. The first kappa shape index (κ1) is 9.57. The molecule has 0 atom stereocenters. The first-order valence-electron chi connectivity index (χ1n) is 5.24. The van der Waals surface area contributed by atoms with Gasteiger partial charge in [0.2, 0.25) is 0 Å². The van der Waals surface area contributed by atoms with E-state index in [2.05, 4.69) is 5.10 Å². The van der Waals surface area contributed by atoms with E-state index < -0.39 is 0 Å². The number of ether oxygens (including phenoxy) is 2. The SMILES string of the molecule is CC1OC(c2cnn(-c3ccccc3)c2)O1. The van der Waals surface area contributed by atoms with Crippen LogP contribution in [0.5, 0.6) is 0 Å². The number of rotatable bonds is 2. The second kappa shape index (κ2) is 3.73. The van der Waals surface area contributed by atoms with Gasteiger partial charge in [0.25, 0.3) is 0 Å².